The number of hydrogen-bond donors (Lipinski definition) is 0. The van der Waals surface area contributed by atoms with E-state index in [1.807, 2.05) is 0 Å². The van der Waals surface area contributed by atoms with Crippen molar-refractivity contribution in [2.75, 3.05) is 14.2 Å². The van der Waals surface area contributed by atoms with E-state index in [0.29, 0.717) is 5.56 Å². The zero-order valence-electron chi connectivity index (χ0n) is 13.0. The Labute approximate surface area is 138 Å². The number of hydrogen-bond acceptors (Lipinski definition) is 5. The second kappa shape index (κ2) is 6.93. The van der Waals surface area contributed by atoms with Gasteiger partial charge in [0.25, 0.3) is 5.69 Å². The molecule has 0 atom stereocenters. The van der Waals surface area contributed by atoms with Gasteiger partial charge in [-0.25, -0.2) is 12.8 Å². The number of benzene rings is 2. The second-order valence-electron chi connectivity index (χ2n) is 4.98. The van der Waals surface area contributed by atoms with E-state index in [2.05, 4.69) is 0 Å². The van der Waals surface area contributed by atoms with E-state index in [1.54, 1.807) is 0 Å². The number of methoxy groups -OCH3 is 1. The number of rotatable bonds is 6. The summed E-state index contributed by atoms with van der Waals surface area (Å²) in [6.45, 7) is 0.0166. The molecular weight excluding hydrogens is 339 g/mol. The number of nitro benzene ring substituents is 1. The molecule has 128 valence electrons. The van der Waals surface area contributed by atoms with Gasteiger partial charge in [0.05, 0.1) is 18.1 Å². The average molecular weight is 354 g/mol. The maximum Gasteiger partial charge on any atom is 0.273 e. The highest BCUT2D eigenvalue weighted by Gasteiger charge is 2.26. The molecule has 0 heterocycles. The van der Waals surface area contributed by atoms with Crippen LogP contribution in [-0.4, -0.2) is 31.8 Å². The van der Waals surface area contributed by atoms with Gasteiger partial charge in [0.15, 0.2) is 0 Å². The van der Waals surface area contributed by atoms with Crippen molar-refractivity contribution in [1.29, 1.82) is 0 Å². The molecule has 0 aliphatic rings. The lowest BCUT2D eigenvalue weighted by atomic mass is 10.2. The molecular formula is C15H15FN2O5S. The quantitative estimate of drug-likeness (QED) is 0.587. The summed E-state index contributed by atoms with van der Waals surface area (Å²) in [5.74, 6) is -0.531. The zero-order chi connectivity index (χ0) is 17.9. The highest BCUT2D eigenvalue weighted by atomic mass is 32.2. The van der Waals surface area contributed by atoms with Crippen molar-refractivity contribution in [3.8, 4) is 5.75 Å². The maximum atomic E-state index is 12.9. The van der Waals surface area contributed by atoms with Crippen LogP contribution < -0.4 is 4.74 Å². The predicted octanol–water partition coefficient (Wildman–Crippen LogP) is 2.56. The monoisotopic (exact) mass is 354 g/mol. The summed E-state index contributed by atoms with van der Waals surface area (Å²) in [7, 11) is -1.35. The third-order valence-corrected chi connectivity index (χ3v) is 5.21. The SMILES string of the molecule is COc1cc([N+](=O)[O-])ccc1S(=O)(=O)N(C)Cc1ccc(F)cc1. The van der Waals surface area contributed by atoms with Crippen molar-refractivity contribution >= 4 is 15.7 Å². The third-order valence-electron chi connectivity index (χ3n) is 3.36. The van der Waals surface area contributed by atoms with E-state index in [1.165, 1.54) is 38.4 Å². The van der Waals surface area contributed by atoms with Crippen molar-refractivity contribution in [1.82, 2.24) is 4.31 Å². The van der Waals surface area contributed by atoms with Gasteiger partial charge in [0, 0.05) is 19.7 Å². The van der Waals surface area contributed by atoms with Crippen molar-refractivity contribution in [2.45, 2.75) is 11.4 Å². The van der Waals surface area contributed by atoms with E-state index >= 15 is 0 Å². The van der Waals surface area contributed by atoms with Gasteiger partial charge in [-0.05, 0) is 23.8 Å². The Kier molecular flexibility index (Phi) is 5.15. The lowest BCUT2D eigenvalue weighted by Gasteiger charge is -2.18. The molecule has 0 bridgehead atoms. The van der Waals surface area contributed by atoms with E-state index in [-0.39, 0.29) is 22.9 Å². The van der Waals surface area contributed by atoms with E-state index in [0.717, 1.165) is 22.5 Å². The molecule has 9 heteroatoms. The zero-order valence-corrected chi connectivity index (χ0v) is 13.8. The molecule has 24 heavy (non-hydrogen) atoms. The minimum atomic E-state index is -3.94. The van der Waals surface area contributed by atoms with Crippen LogP contribution in [0.15, 0.2) is 47.4 Å². The van der Waals surface area contributed by atoms with E-state index in [9.17, 15) is 22.9 Å². The maximum absolute atomic E-state index is 12.9. The van der Waals surface area contributed by atoms with Gasteiger partial charge >= 0.3 is 0 Å². The van der Waals surface area contributed by atoms with Crippen LogP contribution in [0.4, 0.5) is 10.1 Å². The molecule has 0 fully saturated rings. The molecule has 2 rings (SSSR count). The van der Waals surface area contributed by atoms with E-state index < -0.39 is 20.8 Å². The molecule has 0 saturated carbocycles. The first kappa shape index (κ1) is 17.8. The number of sulfonamides is 1. The molecule has 0 unspecified atom stereocenters. The normalized spacial score (nSPS) is 11.5. The molecule has 2 aromatic carbocycles. The Hall–Kier alpha value is -2.52. The van der Waals surface area contributed by atoms with Gasteiger partial charge < -0.3 is 4.74 Å². The van der Waals surface area contributed by atoms with Crippen LogP contribution in [0.2, 0.25) is 0 Å². The van der Waals surface area contributed by atoms with Crippen molar-refractivity contribution in [2.24, 2.45) is 0 Å². The van der Waals surface area contributed by atoms with Crippen LogP contribution in [0.5, 0.6) is 5.75 Å². The van der Waals surface area contributed by atoms with Crippen LogP contribution in [0.25, 0.3) is 0 Å². The number of nitrogens with zero attached hydrogens (tertiary/aromatic N) is 2. The number of halogens is 1. The Morgan fingerprint density at radius 3 is 2.38 bits per heavy atom. The highest BCUT2D eigenvalue weighted by molar-refractivity contribution is 7.89. The molecule has 0 radical (unpaired) electrons. The molecule has 2 aromatic rings. The van der Waals surface area contributed by atoms with Gasteiger partial charge in [-0.2, -0.15) is 4.31 Å². The fourth-order valence-corrected chi connectivity index (χ4v) is 3.37. The van der Waals surface area contributed by atoms with Gasteiger partial charge in [-0.15, -0.1) is 0 Å². The molecule has 0 spiro atoms. The Morgan fingerprint density at radius 2 is 1.83 bits per heavy atom. The largest absolute Gasteiger partial charge is 0.495 e. The van der Waals surface area contributed by atoms with Gasteiger partial charge in [-0.3, -0.25) is 10.1 Å². The van der Waals surface area contributed by atoms with Crippen molar-refractivity contribution in [3.63, 3.8) is 0 Å². The molecule has 0 amide bonds. The van der Waals surface area contributed by atoms with Crippen molar-refractivity contribution in [3.05, 3.63) is 64.0 Å². The summed E-state index contributed by atoms with van der Waals surface area (Å²) in [5, 5.41) is 10.8. The van der Waals surface area contributed by atoms with Crippen molar-refractivity contribution < 1.29 is 22.5 Å². The lowest BCUT2D eigenvalue weighted by Crippen LogP contribution is -2.27. The summed E-state index contributed by atoms with van der Waals surface area (Å²) in [4.78, 5) is 9.97. The molecule has 0 aliphatic heterocycles. The smallest absolute Gasteiger partial charge is 0.273 e. The predicted molar refractivity (Wildman–Crippen MR) is 84.7 cm³/mol. The number of ether oxygens (including phenoxy) is 1. The molecule has 0 saturated heterocycles. The average Bonchev–Trinajstić information content (AvgIpc) is 2.56. The molecule has 0 aliphatic carbocycles. The first-order chi connectivity index (χ1) is 11.3. The summed E-state index contributed by atoms with van der Waals surface area (Å²) in [5.41, 5.74) is 0.329. The van der Waals surface area contributed by atoms with E-state index in [4.69, 9.17) is 4.74 Å². The number of non-ortho nitro benzene ring substituents is 1. The Morgan fingerprint density at radius 1 is 1.21 bits per heavy atom. The summed E-state index contributed by atoms with van der Waals surface area (Å²) < 4.78 is 44.3. The minimum Gasteiger partial charge on any atom is -0.495 e. The minimum absolute atomic E-state index is 0.0166. The summed E-state index contributed by atoms with van der Waals surface area (Å²) in [6.07, 6.45) is 0. The molecule has 0 aromatic heterocycles. The third kappa shape index (κ3) is 3.69. The summed E-state index contributed by atoms with van der Waals surface area (Å²) >= 11 is 0. The standard InChI is InChI=1S/C15H15FN2O5S/c1-17(10-11-3-5-12(16)6-4-11)24(21,22)15-8-7-13(18(19)20)9-14(15)23-2/h3-9H,10H2,1-2H3. The van der Waals surface area contributed by atoms with Gasteiger partial charge in [-0.1, -0.05) is 12.1 Å². The number of nitro groups is 1. The van der Waals surface area contributed by atoms with Crippen LogP contribution in [0, 0.1) is 15.9 Å². The molecule has 0 N–H and O–H groups in total. The fourth-order valence-electron chi connectivity index (χ4n) is 2.08. The Balaban J connectivity index is 2.35. The van der Waals surface area contributed by atoms with Crippen LogP contribution in [-0.2, 0) is 16.6 Å². The topological polar surface area (TPSA) is 89.7 Å². The second-order valence-corrected chi connectivity index (χ2v) is 6.99. The first-order valence-corrected chi connectivity index (χ1v) is 8.23. The molecule has 7 nitrogen and oxygen atoms in total. The van der Waals surface area contributed by atoms with Crippen LogP contribution in [0.3, 0.4) is 0 Å². The highest BCUT2D eigenvalue weighted by Crippen LogP contribution is 2.30. The van der Waals surface area contributed by atoms with Gasteiger partial charge in [0.1, 0.15) is 16.5 Å². The fraction of sp³-hybridized carbons (Fsp3) is 0.200. The van der Waals surface area contributed by atoms with Gasteiger partial charge in [0.2, 0.25) is 10.0 Å². The van der Waals surface area contributed by atoms with Crippen LogP contribution >= 0.6 is 0 Å². The van der Waals surface area contributed by atoms with Crippen LogP contribution in [0.1, 0.15) is 5.56 Å². The lowest BCUT2D eigenvalue weighted by molar-refractivity contribution is -0.385. The summed E-state index contributed by atoms with van der Waals surface area (Å²) in [6, 6.07) is 8.72. The first-order valence-electron chi connectivity index (χ1n) is 6.79. The Bertz CT molecular complexity index is 853.